The van der Waals surface area contributed by atoms with Gasteiger partial charge in [-0.3, -0.25) is 4.79 Å². The Hall–Kier alpha value is -1.32. The molecule has 4 nitrogen and oxygen atoms in total. The molecule has 0 heterocycles. The van der Waals surface area contributed by atoms with Gasteiger partial charge < -0.3 is 10.2 Å². The average Bonchev–Trinajstić information content (AvgIpc) is 1.94. The minimum absolute atomic E-state index is 0.152. The Bertz CT molecular complexity index is 239. The van der Waals surface area contributed by atoms with E-state index in [1.807, 2.05) is 0 Å². The highest BCUT2D eigenvalue weighted by Gasteiger charge is 2.23. The van der Waals surface area contributed by atoms with Crippen molar-refractivity contribution in [1.82, 2.24) is 0 Å². The van der Waals surface area contributed by atoms with Gasteiger partial charge in [0.05, 0.1) is 5.57 Å². The summed E-state index contributed by atoms with van der Waals surface area (Å²) in [5.41, 5.74) is -0.152. The second-order valence-electron chi connectivity index (χ2n) is 2.41. The fourth-order valence-corrected chi connectivity index (χ4v) is 1.04. The number of aliphatic hydroxyl groups is 1. The van der Waals surface area contributed by atoms with Gasteiger partial charge in [0.1, 0.15) is 0 Å². The van der Waals surface area contributed by atoms with Crippen LogP contribution >= 0.6 is 0 Å². The van der Waals surface area contributed by atoms with Crippen molar-refractivity contribution in [3.05, 3.63) is 11.3 Å². The second-order valence-corrected chi connectivity index (χ2v) is 2.41. The molecule has 0 radical (unpaired) electrons. The predicted molar refractivity (Wildman–Crippen MR) is 36.1 cm³/mol. The first-order valence-corrected chi connectivity index (χ1v) is 3.31. The Morgan fingerprint density at radius 1 is 1.36 bits per heavy atom. The van der Waals surface area contributed by atoms with Crippen molar-refractivity contribution in [1.29, 1.82) is 0 Å². The first-order chi connectivity index (χ1) is 5.13. The van der Waals surface area contributed by atoms with Gasteiger partial charge in [0.2, 0.25) is 0 Å². The normalized spacial score (nSPS) is 18.7. The number of carbonyl (C=O) groups is 2. The molecule has 0 saturated carbocycles. The zero-order valence-corrected chi connectivity index (χ0v) is 5.83. The van der Waals surface area contributed by atoms with Crippen molar-refractivity contribution in [2.24, 2.45) is 0 Å². The van der Waals surface area contributed by atoms with Crippen molar-refractivity contribution in [3.8, 4) is 0 Å². The van der Waals surface area contributed by atoms with Gasteiger partial charge in [-0.1, -0.05) is 0 Å². The molecule has 0 aromatic heterocycles. The third-order valence-corrected chi connectivity index (χ3v) is 1.64. The third kappa shape index (κ3) is 1.39. The topological polar surface area (TPSA) is 74.6 Å². The van der Waals surface area contributed by atoms with E-state index < -0.39 is 17.5 Å². The van der Waals surface area contributed by atoms with Crippen LogP contribution in [0.25, 0.3) is 0 Å². The van der Waals surface area contributed by atoms with Crippen LogP contribution < -0.4 is 0 Å². The Morgan fingerprint density at radius 2 is 2.00 bits per heavy atom. The van der Waals surface area contributed by atoms with Gasteiger partial charge in [-0.15, -0.1) is 0 Å². The predicted octanol–water partition coefficient (Wildman–Crippen LogP) is 0.636. The fourth-order valence-electron chi connectivity index (χ4n) is 1.04. The number of hydrogen-bond acceptors (Lipinski definition) is 3. The quantitative estimate of drug-likeness (QED) is 0.584. The summed E-state index contributed by atoms with van der Waals surface area (Å²) >= 11 is 0. The molecule has 1 aliphatic carbocycles. The van der Waals surface area contributed by atoms with Crippen LogP contribution in [0, 0.1) is 0 Å². The number of aliphatic hydroxyl groups excluding tert-OH is 1. The molecule has 0 atom stereocenters. The van der Waals surface area contributed by atoms with E-state index in [1.165, 1.54) is 0 Å². The van der Waals surface area contributed by atoms with Gasteiger partial charge in [-0.25, -0.2) is 4.79 Å². The molecule has 0 unspecified atom stereocenters. The SMILES string of the molecule is O=C(O)C1=C(O)C(=O)CCC1. The lowest BCUT2D eigenvalue weighted by molar-refractivity contribution is -0.134. The standard InChI is InChI=1S/C7H8O4/c8-5-3-1-2-4(6(5)9)7(10)11/h9H,1-3H2,(H,10,11). The summed E-state index contributed by atoms with van der Waals surface area (Å²) in [5, 5.41) is 17.4. The smallest absolute Gasteiger partial charge is 0.335 e. The largest absolute Gasteiger partial charge is 0.504 e. The minimum Gasteiger partial charge on any atom is -0.504 e. The van der Waals surface area contributed by atoms with Gasteiger partial charge in [-0.2, -0.15) is 0 Å². The van der Waals surface area contributed by atoms with Gasteiger partial charge in [0.15, 0.2) is 11.5 Å². The number of hydrogen-bond donors (Lipinski definition) is 2. The van der Waals surface area contributed by atoms with Crippen molar-refractivity contribution in [3.63, 3.8) is 0 Å². The van der Waals surface area contributed by atoms with E-state index in [1.54, 1.807) is 0 Å². The number of allylic oxidation sites excluding steroid dienone is 1. The molecule has 0 aliphatic heterocycles. The Labute approximate surface area is 63.1 Å². The van der Waals surface area contributed by atoms with E-state index in [4.69, 9.17) is 10.2 Å². The highest BCUT2D eigenvalue weighted by atomic mass is 16.4. The molecular formula is C7H8O4. The van der Waals surface area contributed by atoms with Crippen LogP contribution in [0.2, 0.25) is 0 Å². The molecule has 11 heavy (non-hydrogen) atoms. The Balaban J connectivity index is 2.98. The van der Waals surface area contributed by atoms with Crippen LogP contribution in [0.1, 0.15) is 19.3 Å². The average molecular weight is 156 g/mol. The molecule has 0 saturated heterocycles. The second kappa shape index (κ2) is 2.74. The lowest BCUT2D eigenvalue weighted by Crippen LogP contribution is -2.16. The summed E-state index contributed by atoms with van der Waals surface area (Å²) < 4.78 is 0. The summed E-state index contributed by atoms with van der Waals surface area (Å²) in [4.78, 5) is 21.1. The zero-order chi connectivity index (χ0) is 8.43. The number of ketones is 1. The number of rotatable bonds is 1. The summed E-state index contributed by atoms with van der Waals surface area (Å²) in [6.07, 6.45) is 1.06. The van der Waals surface area contributed by atoms with E-state index >= 15 is 0 Å². The lowest BCUT2D eigenvalue weighted by atomic mass is 9.97. The van der Waals surface area contributed by atoms with Gasteiger partial charge in [-0.05, 0) is 12.8 Å². The van der Waals surface area contributed by atoms with Crippen LogP contribution in [0.4, 0.5) is 0 Å². The summed E-state index contributed by atoms with van der Waals surface area (Å²) in [6, 6.07) is 0. The van der Waals surface area contributed by atoms with Gasteiger partial charge >= 0.3 is 5.97 Å². The van der Waals surface area contributed by atoms with Crippen LogP contribution in [0.5, 0.6) is 0 Å². The van der Waals surface area contributed by atoms with Crippen molar-refractivity contribution < 1.29 is 19.8 Å². The van der Waals surface area contributed by atoms with Crippen LogP contribution in [0.15, 0.2) is 11.3 Å². The number of carboxylic acids is 1. The first kappa shape index (κ1) is 7.78. The Morgan fingerprint density at radius 3 is 2.45 bits per heavy atom. The molecule has 0 bridgehead atoms. The number of Topliss-reactive ketones (excluding diaryl/α,β-unsaturated/α-hetero) is 1. The van der Waals surface area contributed by atoms with Gasteiger partial charge in [0, 0.05) is 6.42 Å². The van der Waals surface area contributed by atoms with E-state index in [-0.39, 0.29) is 18.4 Å². The van der Waals surface area contributed by atoms with Crippen molar-refractivity contribution >= 4 is 11.8 Å². The summed E-state index contributed by atoms with van der Waals surface area (Å²) in [7, 11) is 0. The Kier molecular flexibility index (Phi) is 1.94. The molecule has 2 N–H and O–H groups in total. The molecule has 4 heteroatoms. The maximum absolute atomic E-state index is 10.7. The minimum atomic E-state index is -1.20. The summed E-state index contributed by atoms with van der Waals surface area (Å²) in [5.74, 6) is -2.23. The molecule has 0 aromatic carbocycles. The molecule has 0 aromatic rings. The maximum atomic E-state index is 10.7. The number of carboxylic acid groups (broad SMARTS) is 1. The monoisotopic (exact) mass is 156 g/mol. The molecule has 0 amide bonds. The molecule has 0 spiro atoms. The van der Waals surface area contributed by atoms with Crippen LogP contribution in [0.3, 0.4) is 0 Å². The molecule has 1 aliphatic rings. The summed E-state index contributed by atoms with van der Waals surface area (Å²) in [6.45, 7) is 0. The first-order valence-electron chi connectivity index (χ1n) is 3.31. The fraction of sp³-hybridized carbons (Fsp3) is 0.429. The molecular weight excluding hydrogens is 148 g/mol. The van der Waals surface area contributed by atoms with Crippen molar-refractivity contribution in [2.45, 2.75) is 19.3 Å². The molecule has 1 rings (SSSR count). The van der Waals surface area contributed by atoms with Gasteiger partial charge in [0.25, 0.3) is 0 Å². The maximum Gasteiger partial charge on any atom is 0.335 e. The molecule has 60 valence electrons. The molecule has 0 fully saturated rings. The zero-order valence-electron chi connectivity index (χ0n) is 5.83. The highest BCUT2D eigenvalue weighted by Crippen LogP contribution is 2.19. The van der Waals surface area contributed by atoms with E-state index in [2.05, 4.69) is 0 Å². The van der Waals surface area contributed by atoms with Crippen molar-refractivity contribution in [2.75, 3.05) is 0 Å². The number of carbonyl (C=O) groups excluding carboxylic acids is 1. The number of aliphatic carboxylic acids is 1. The highest BCUT2D eigenvalue weighted by molar-refractivity contribution is 6.02. The van der Waals surface area contributed by atoms with Crippen LogP contribution in [-0.4, -0.2) is 22.0 Å². The van der Waals surface area contributed by atoms with Crippen LogP contribution in [-0.2, 0) is 9.59 Å². The van der Waals surface area contributed by atoms with E-state index in [9.17, 15) is 9.59 Å². The van der Waals surface area contributed by atoms with E-state index in [0.717, 1.165) is 0 Å². The third-order valence-electron chi connectivity index (χ3n) is 1.64. The lowest BCUT2D eigenvalue weighted by Gasteiger charge is -2.10. The van der Waals surface area contributed by atoms with E-state index in [0.29, 0.717) is 6.42 Å².